The molecule has 2 aromatic carbocycles. The van der Waals surface area contributed by atoms with Crippen LogP contribution in [0, 0.1) is 0 Å². The molecule has 178 valence electrons. The van der Waals surface area contributed by atoms with Gasteiger partial charge in [0.1, 0.15) is 11.9 Å². The summed E-state index contributed by atoms with van der Waals surface area (Å²) in [6, 6.07) is 9.72. The number of ether oxygens (including phenoxy) is 5. The Hall–Kier alpha value is -2.63. The van der Waals surface area contributed by atoms with Gasteiger partial charge >= 0.3 is 12.1 Å². The molecule has 3 rings (SSSR count). The molecular weight excluding hydrogens is 518 g/mol. The molecule has 0 saturated carbocycles. The Morgan fingerprint density at radius 2 is 2.00 bits per heavy atom. The number of thiol groups is 1. The average molecular weight is 542 g/mol. The van der Waals surface area contributed by atoms with E-state index in [1.165, 1.54) is 6.07 Å². The second-order valence-electron chi connectivity index (χ2n) is 6.88. The number of nitrogens with one attached hydrogen (secondary N) is 1. The molecule has 2 atom stereocenters. The maximum atomic E-state index is 12.8. The van der Waals surface area contributed by atoms with Crippen LogP contribution in [-0.4, -0.2) is 49.0 Å². The van der Waals surface area contributed by atoms with Crippen molar-refractivity contribution in [1.29, 1.82) is 0 Å². The van der Waals surface area contributed by atoms with Gasteiger partial charge in [0.15, 0.2) is 17.6 Å². The van der Waals surface area contributed by atoms with Crippen molar-refractivity contribution >= 4 is 46.3 Å². The average Bonchev–Trinajstić information content (AvgIpc) is 3.26. The number of hydrogen-bond donors (Lipinski definition) is 3. The van der Waals surface area contributed by atoms with Crippen LogP contribution in [0.2, 0.25) is 0 Å². The van der Waals surface area contributed by atoms with Crippen molar-refractivity contribution < 1.29 is 38.4 Å². The van der Waals surface area contributed by atoms with Crippen LogP contribution in [0.15, 0.2) is 40.9 Å². The summed E-state index contributed by atoms with van der Waals surface area (Å²) < 4.78 is 27.9. The van der Waals surface area contributed by atoms with E-state index in [0.29, 0.717) is 33.8 Å². The van der Waals surface area contributed by atoms with Crippen molar-refractivity contribution in [2.24, 2.45) is 0 Å². The third-order valence-corrected chi connectivity index (χ3v) is 5.41. The highest BCUT2D eigenvalue weighted by atomic mass is 79.9. The molecule has 0 aliphatic carbocycles. The Balaban J connectivity index is 1.79. The van der Waals surface area contributed by atoms with E-state index in [1.54, 1.807) is 37.3 Å². The first kappa shape index (κ1) is 25.0. The summed E-state index contributed by atoms with van der Waals surface area (Å²) in [5.41, 5.74) is 0.779. The van der Waals surface area contributed by atoms with Crippen molar-refractivity contribution in [2.45, 2.75) is 25.6 Å². The predicted molar refractivity (Wildman–Crippen MR) is 126 cm³/mol. The van der Waals surface area contributed by atoms with Crippen molar-refractivity contribution in [3.05, 3.63) is 46.4 Å². The lowest BCUT2D eigenvalue weighted by Gasteiger charge is -2.28. The molecule has 1 heterocycles. The van der Waals surface area contributed by atoms with Gasteiger partial charge in [0.05, 0.1) is 12.4 Å². The summed E-state index contributed by atoms with van der Waals surface area (Å²) in [6.07, 6.45) is -2.24. The van der Waals surface area contributed by atoms with Gasteiger partial charge in [-0.1, -0.05) is 15.9 Å². The van der Waals surface area contributed by atoms with Gasteiger partial charge < -0.3 is 28.8 Å². The minimum absolute atomic E-state index is 0.0302. The predicted octanol–water partition coefficient (Wildman–Crippen LogP) is 4.44. The quantitative estimate of drug-likeness (QED) is 0.299. The molecule has 0 saturated heterocycles. The molecule has 0 aromatic heterocycles. The summed E-state index contributed by atoms with van der Waals surface area (Å²) in [7, 11) is 0. The lowest BCUT2D eigenvalue weighted by Crippen LogP contribution is -2.30. The van der Waals surface area contributed by atoms with Gasteiger partial charge in [0.2, 0.25) is 6.79 Å². The fourth-order valence-electron chi connectivity index (χ4n) is 3.20. The number of benzene rings is 2. The molecule has 1 aliphatic heterocycles. The molecule has 1 amide bonds. The third kappa shape index (κ3) is 6.92. The third-order valence-electron chi connectivity index (χ3n) is 4.66. The number of aromatic hydroxyl groups is 1. The number of fused-ring (bicyclic) bond motifs is 1. The molecule has 11 heteroatoms. The van der Waals surface area contributed by atoms with Gasteiger partial charge in [-0.2, -0.15) is 12.6 Å². The Labute approximate surface area is 204 Å². The highest BCUT2D eigenvalue weighted by Gasteiger charge is 2.31. The number of rotatable bonds is 10. The van der Waals surface area contributed by atoms with Gasteiger partial charge in [0, 0.05) is 34.8 Å². The highest BCUT2D eigenvalue weighted by molar-refractivity contribution is 9.10. The number of anilines is 1. The summed E-state index contributed by atoms with van der Waals surface area (Å²) >= 11 is 7.25. The zero-order valence-electron chi connectivity index (χ0n) is 17.8. The van der Waals surface area contributed by atoms with Crippen molar-refractivity contribution in [3.8, 4) is 17.2 Å². The molecule has 0 unspecified atom stereocenters. The van der Waals surface area contributed by atoms with E-state index in [4.69, 9.17) is 23.7 Å². The zero-order chi connectivity index (χ0) is 23.8. The van der Waals surface area contributed by atoms with E-state index in [9.17, 15) is 14.7 Å². The first-order valence-electron chi connectivity index (χ1n) is 10.1. The fourth-order valence-corrected chi connectivity index (χ4v) is 3.67. The summed E-state index contributed by atoms with van der Waals surface area (Å²) in [5, 5.41) is 13.1. The number of amides is 1. The lowest BCUT2D eigenvalue weighted by atomic mass is 10.0. The Kier molecular flexibility index (Phi) is 9.10. The highest BCUT2D eigenvalue weighted by Crippen LogP contribution is 2.36. The number of esters is 1. The van der Waals surface area contributed by atoms with Crippen LogP contribution < -0.4 is 14.8 Å². The van der Waals surface area contributed by atoms with E-state index >= 15 is 0 Å². The molecule has 2 aromatic rings. The fraction of sp³-hybridized carbons (Fsp3) is 0.364. The molecule has 0 radical (unpaired) electrons. The molecule has 1 aliphatic rings. The van der Waals surface area contributed by atoms with Gasteiger partial charge in [-0.25, -0.2) is 4.79 Å². The number of halogens is 1. The first-order chi connectivity index (χ1) is 15.9. The largest absolute Gasteiger partial charge is 0.508 e. The lowest BCUT2D eigenvalue weighted by molar-refractivity contribution is -0.142. The van der Waals surface area contributed by atoms with Crippen LogP contribution in [0.3, 0.4) is 0 Å². The van der Waals surface area contributed by atoms with E-state index < -0.39 is 24.3 Å². The van der Waals surface area contributed by atoms with E-state index in [2.05, 4.69) is 33.9 Å². The van der Waals surface area contributed by atoms with E-state index in [1.807, 2.05) is 0 Å². The molecule has 2 N–H and O–H groups in total. The maximum Gasteiger partial charge on any atom is 0.412 e. The number of carbonyl (C=O) groups excluding carboxylic acids is 2. The molecule has 33 heavy (non-hydrogen) atoms. The number of phenols is 1. The van der Waals surface area contributed by atoms with Crippen LogP contribution in [0.5, 0.6) is 17.2 Å². The molecule has 9 nitrogen and oxygen atoms in total. The van der Waals surface area contributed by atoms with Gasteiger partial charge in [-0.15, -0.1) is 0 Å². The van der Waals surface area contributed by atoms with Gasteiger partial charge in [-0.05, 0) is 37.3 Å². The molecular formula is C22H24BrNO8S. The molecule has 0 bridgehead atoms. The van der Waals surface area contributed by atoms with Crippen LogP contribution in [0.1, 0.15) is 25.0 Å². The van der Waals surface area contributed by atoms with E-state index in [0.717, 1.165) is 0 Å². The Morgan fingerprint density at radius 1 is 1.21 bits per heavy atom. The SMILES string of the molecule is CCO[C@H](CCOC(=O)CS)[C@H](OC(=O)Nc1ccc2c(c1)OCO2)c1cc(Br)ccc1O. The van der Waals surface area contributed by atoms with Crippen molar-refractivity contribution in [1.82, 2.24) is 0 Å². The second kappa shape index (κ2) is 12.0. The minimum Gasteiger partial charge on any atom is -0.508 e. The minimum atomic E-state index is -0.994. The number of phenolic OH excluding ortho intramolecular Hbond substituents is 1. The smallest absolute Gasteiger partial charge is 0.412 e. The maximum absolute atomic E-state index is 12.8. The standard InChI is InChI=1S/C22H24BrNO8S/c1-2-28-18(7-8-29-20(26)11-33)21(15-9-13(23)3-5-16(15)25)32-22(27)24-14-4-6-17-19(10-14)31-12-30-17/h3-6,9-10,18,21,25,33H,2,7-8,11-12H2,1H3,(H,24,27)/t18-,21-/m1/s1. The number of hydrogen-bond acceptors (Lipinski definition) is 9. The summed E-state index contributed by atoms with van der Waals surface area (Å²) in [5.74, 6) is 0.488. The molecule has 0 spiro atoms. The zero-order valence-corrected chi connectivity index (χ0v) is 20.3. The van der Waals surface area contributed by atoms with Crippen LogP contribution >= 0.6 is 28.6 Å². The number of carbonyl (C=O) groups is 2. The monoisotopic (exact) mass is 541 g/mol. The second-order valence-corrected chi connectivity index (χ2v) is 8.12. The summed E-state index contributed by atoms with van der Waals surface area (Å²) in [4.78, 5) is 24.2. The van der Waals surface area contributed by atoms with Gasteiger partial charge in [-0.3, -0.25) is 10.1 Å². The van der Waals surface area contributed by atoms with Crippen molar-refractivity contribution in [3.63, 3.8) is 0 Å². The van der Waals surface area contributed by atoms with Crippen LogP contribution in [0.4, 0.5) is 10.5 Å². The topological polar surface area (TPSA) is 113 Å². The van der Waals surface area contributed by atoms with Crippen LogP contribution in [-0.2, 0) is 19.0 Å². The Bertz CT molecular complexity index is 989. The normalized spacial score (nSPS) is 13.8. The summed E-state index contributed by atoms with van der Waals surface area (Å²) in [6.45, 7) is 2.24. The van der Waals surface area contributed by atoms with Crippen molar-refractivity contribution in [2.75, 3.05) is 31.1 Å². The molecule has 0 fully saturated rings. The van der Waals surface area contributed by atoms with E-state index in [-0.39, 0.29) is 31.3 Å². The van der Waals surface area contributed by atoms with Gasteiger partial charge in [0.25, 0.3) is 0 Å². The first-order valence-corrected chi connectivity index (χ1v) is 11.6. The van der Waals surface area contributed by atoms with Crippen LogP contribution in [0.25, 0.3) is 0 Å². The Morgan fingerprint density at radius 3 is 2.76 bits per heavy atom.